The molecule has 1 fully saturated rings. The molecule has 1 saturated carbocycles. The van der Waals surface area contributed by atoms with Crippen LogP contribution in [0.15, 0.2) is 0 Å². The third-order valence-electron chi connectivity index (χ3n) is 3.67. The first-order chi connectivity index (χ1) is 6.43. The van der Waals surface area contributed by atoms with Crippen LogP contribution >= 0.6 is 0 Å². The van der Waals surface area contributed by atoms with Crippen LogP contribution < -0.4 is 11.3 Å². The van der Waals surface area contributed by atoms with E-state index < -0.39 is 0 Å². The third kappa shape index (κ3) is 3.97. The molecule has 2 heteroatoms. The molecule has 2 unspecified atom stereocenters. The zero-order valence-corrected chi connectivity index (χ0v) is 10.1. The van der Waals surface area contributed by atoms with Gasteiger partial charge >= 0.3 is 0 Å². The largest absolute Gasteiger partial charge is 0.271 e. The molecule has 1 aliphatic rings. The third-order valence-corrected chi connectivity index (χ3v) is 3.67. The molecule has 84 valence electrons. The first-order valence-corrected chi connectivity index (χ1v) is 5.89. The topological polar surface area (TPSA) is 38.0 Å². The Kier molecular flexibility index (Phi) is 3.96. The smallest absolute Gasteiger partial charge is 0.0215 e. The van der Waals surface area contributed by atoms with Crippen LogP contribution in [0.25, 0.3) is 0 Å². The molecule has 0 spiro atoms. The molecule has 0 aliphatic heterocycles. The van der Waals surface area contributed by atoms with E-state index in [-0.39, 0.29) is 0 Å². The first kappa shape index (κ1) is 12.0. The van der Waals surface area contributed by atoms with E-state index in [0.717, 1.165) is 11.8 Å². The second-order valence-electron chi connectivity index (χ2n) is 6.05. The van der Waals surface area contributed by atoms with Crippen molar-refractivity contribution in [3.8, 4) is 0 Å². The second-order valence-corrected chi connectivity index (χ2v) is 6.05. The average Bonchev–Trinajstić information content (AvgIpc) is 2.85. The summed E-state index contributed by atoms with van der Waals surface area (Å²) in [4.78, 5) is 0. The summed E-state index contributed by atoms with van der Waals surface area (Å²) in [5.41, 5.74) is 3.38. The fourth-order valence-corrected chi connectivity index (χ4v) is 1.77. The van der Waals surface area contributed by atoms with Crippen LogP contribution in [-0.2, 0) is 0 Å². The van der Waals surface area contributed by atoms with Gasteiger partial charge in [-0.05, 0) is 30.1 Å². The minimum absolute atomic E-state index is 0.401. The van der Waals surface area contributed by atoms with Crippen LogP contribution in [0.2, 0.25) is 0 Å². The zero-order chi connectivity index (χ0) is 10.8. The summed E-state index contributed by atoms with van der Waals surface area (Å²) in [7, 11) is 0. The van der Waals surface area contributed by atoms with Gasteiger partial charge in [0.1, 0.15) is 0 Å². The van der Waals surface area contributed by atoms with Crippen molar-refractivity contribution in [3.63, 3.8) is 0 Å². The van der Waals surface area contributed by atoms with E-state index in [0.29, 0.717) is 11.5 Å². The zero-order valence-electron chi connectivity index (χ0n) is 10.1. The van der Waals surface area contributed by atoms with E-state index in [1.54, 1.807) is 0 Å². The predicted octanol–water partition coefficient (Wildman–Crippen LogP) is 2.69. The molecule has 2 atom stereocenters. The molecule has 2 nitrogen and oxygen atoms in total. The Morgan fingerprint density at radius 2 is 1.93 bits per heavy atom. The van der Waals surface area contributed by atoms with Gasteiger partial charge < -0.3 is 0 Å². The van der Waals surface area contributed by atoms with Crippen LogP contribution in [-0.4, -0.2) is 6.04 Å². The fourth-order valence-electron chi connectivity index (χ4n) is 1.77. The quantitative estimate of drug-likeness (QED) is 0.526. The van der Waals surface area contributed by atoms with Crippen LogP contribution in [0.4, 0.5) is 0 Å². The average molecular weight is 198 g/mol. The van der Waals surface area contributed by atoms with E-state index in [4.69, 9.17) is 5.84 Å². The summed E-state index contributed by atoms with van der Waals surface area (Å²) in [5.74, 6) is 7.28. The Morgan fingerprint density at radius 1 is 1.36 bits per heavy atom. The standard InChI is InChI=1S/C12H26N2/c1-9(12(2,3)4)7-11(14-13)8-10-5-6-10/h9-11,14H,5-8,13H2,1-4H3. The predicted molar refractivity (Wildman–Crippen MR) is 61.7 cm³/mol. The molecule has 0 heterocycles. The summed E-state index contributed by atoms with van der Waals surface area (Å²) >= 11 is 0. The normalized spacial score (nSPS) is 22.1. The maximum Gasteiger partial charge on any atom is 0.0215 e. The van der Waals surface area contributed by atoms with Crippen molar-refractivity contribution in [1.82, 2.24) is 5.43 Å². The molecule has 3 N–H and O–H groups in total. The lowest BCUT2D eigenvalue weighted by molar-refractivity contribution is 0.217. The summed E-state index contributed by atoms with van der Waals surface area (Å²) in [5, 5.41) is 0. The summed E-state index contributed by atoms with van der Waals surface area (Å²) in [6, 6.07) is 0.525. The number of nitrogens with one attached hydrogen (secondary N) is 1. The van der Waals surface area contributed by atoms with Gasteiger partial charge in [0, 0.05) is 6.04 Å². The first-order valence-electron chi connectivity index (χ1n) is 5.89. The summed E-state index contributed by atoms with van der Waals surface area (Å²) < 4.78 is 0. The molecule has 1 rings (SSSR count). The van der Waals surface area contributed by atoms with Gasteiger partial charge in [0.2, 0.25) is 0 Å². The van der Waals surface area contributed by atoms with Crippen LogP contribution in [0.5, 0.6) is 0 Å². The lowest BCUT2D eigenvalue weighted by atomic mass is 9.78. The number of hydrazine groups is 1. The van der Waals surface area contributed by atoms with Crippen LogP contribution in [0.1, 0.15) is 53.4 Å². The van der Waals surface area contributed by atoms with E-state index in [1.165, 1.54) is 25.7 Å². The highest BCUT2D eigenvalue weighted by atomic mass is 15.2. The minimum atomic E-state index is 0.401. The van der Waals surface area contributed by atoms with Crippen molar-refractivity contribution in [1.29, 1.82) is 0 Å². The van der Waals surface area contributed by atoms with Crippen LogP contribution in [0, 0.1) is 17.3 Å². The van der Waals surface area contributed by atoms with E-state index in [2.05, 4.69) is 33.1 Å². The molecular weight excluding hydrogens is 172 g/mol. The van der Waals surface area contributed by atoms with E-state index in [9.17, 15) is 0 Å². The molecule has 0 amide bonds. The highest BCUT2D eigenvalue weighted by Crippen LogP contribution is 2.36. The lowest BCUT2D eigenvalue weighted by Crippen LogP contribution is -2.38. The van der Waals surface area contributed by atoms with Crippen molar-refractivity contribution in [2.24, 2.45) is 23.1 Å². The maximum absolute atomic E-state index is 5.59. The Balaban J connectivity index is 2.30. The van der Waals surface area contributed by atoms with Crippen molar-refractivity contribution in [3.05, 3.63) is 0 Å². The molecule has 0 aromatic rings. The van der Waals surface area contributed by atoms with Gasteiger partial charge in [0.05, 0.1) is 0 Å². The molecular formula is C12H26N2. The van der Waals surface area contributed by atoms with Gasteiger partial charge in [-0.1, -0.05) is 40.5 Å². The van der Waals surface area contributed by atoms with Crippen molar-refractivity contribution in [2.75, 3.05) is 0 Å². The fraction of sp³-hybridized carbons (Fsp3) is 1.00. The SMILES string of the molecule is CC(CC(CC1CC1)NN)C(C)(C)C. The Morgan fingerprint density at radius 3 is 2.29 bits per heavy atom. The van der Waals surface area contributed by atoms with Gasteiger partial charge in [-0.25, -0.2) is 0 Å². The van der Waals surface area contributed by atoms with Gasteiger partial charge in [-0.3, -0.25) is 11.3 Å². The number of hydrogen-bond donors (Lipinski definition) is 2. The molecule has 14 heavy (non-hydrogen) atoms. The van der Waals surface area contributed by atoms with Gasteiger partial charge in [0.25, 0.3) is 0 Å². The summed E-state index contributed by atoms with van der Waals surface area (Å²) in [6.07, 6.45) is 5.32. The Labute approximate surface area is 88.6 Å². The van der Waals surface area contributed by atoms with Crippen LogP contribution in [0.3, 0.4) is 0 Å². The molecule has 0 radical (unpaired) electrons. The highest BCUT2D eigenvalue weighted by molar-refractivity contribution is 4.82. The second kappa shape index (κ2) is 4.63. The molecule has 1 aliphatic carbocycles. The highest BCUT2D eigenvalue weighted by Gasteiger charge is 2.28. The molecule has 0 saturated heterocycles. The number of rotatable bonds is 5. The Hall–Kier alpha value is -0.0800. The van der Waals surface area contributed by atoms with E-state index >= 15 is 0 Å². The van der Waals surface area contributed by atoms with Gasteiger partial charge in [0.15, 0.2) is 0 Å². The number of hydrogen-bond acceptors (Lipinski definition) is 2. The van der Waals surface area contributed by atoms with Crippen molar-refractivity contribution < 1.29 is 0 Å². The van der Waals surface area contributed by atoms with Gasteiger partial charge in [-0.15, -0.1) is 0 Å². The Bertz CT molecular complexity index is 168. The minimum Gasteiger partial charge on any atom is -0.271 e. The maximum atomic E-state index is 5.59. The molecule has 0 bridgehead atoms. The van der Waals surface area contributed by atoms with Crippen molar-refractivity contribution >= 4 is 0 Å². The number of nitrogens with two attached hydrogens (primary N) is 1. The lowest BCUT2D eigenvalue weighted by Gasteiger charge is -2.30. The van der Waals surface area contributed by atoms with Crippen molar-refractivity contribution in [2.45, 2.75) is 59.4 Å². The summed E-state index contributed by atoms with van der Waals surface area (Å²) in [6.45, 7) is 9.25. The van der Waals surface area contributed by atoms with Gasteiger partial charge in [-0.2, -0.15) is 0 Å². The molecule has 0 aromatic carbocycles. The van der Waals surface area contributed by atoms with E-state index in [1.807, 2.05) is 0 Å². The molecule has 0 aromatic heterocycles. The monoisotopic (exact) mass is 198 g/mol.